The maximum absolute atomic E-state index is 11.3. The van der Waals surface area contributed by atoms with E-state index in [1.165, 1.54) is 21.6 Å². The van der Waals surface area contributed by atoms with Crippen LogP contribution in [0.15, 0.2) is 35.2 Å². The van der Waals surface area contributed by atoms with E-state index in [0.29, 0.717) is 13.0 Å². The number of carbonyl (C=O) groups excluding carboxylic acids is 1. The Balaban J connectivity index is 1.70. The summed E-state index contributed by atoms with van der Waals surface area (Å²) in [4.78, 5) is 26.1. The lowest BCUT2D eigenvalue weighted by Crippen LogP contribution is -2.32. The van der Waals surface area contributed by atoms with E-state index in [4.69, 9.17) is 4.74 Å². The van der Waals surface area contributed by atoms with Crippen molar-refractivity contribution in [1.29, 1.82) is 0 Å². The van der Waals surface area contributed by atoms with Crippen molar-refractivity contribution in [3.05, 3.63) is 56.8 Å². The molecule has 0 aliphatic carbocycles. The molecule has 0 atom stereocenters. The first kappa shape index (κ1) is 19.9. The van der Waals surface area contributed by atoms with E-state index in [9.17, 15) is 14.7 Å². The smallest absolute Gasteiger partial charge is 0.307 e. The van der Waals surface area contributed by atoms with Gasteiger partial charge in [0, 0.05) is 47.6 Å². The number of piperidine rings is 1. The molecule has 6 heteroatoms. The van der Waals surface area contributed by atoms with Crippen LogP contribution in [0, 0.1) is 0 Å². The number of Topliss-reactive ketones (excluding diaryl/α,β-unsaturated/α-hetero) is 1. The number of hydrogen-bond acceptors (Lipinski definition) is 5. The number of carboxylic acid groups (broad SMARTS) is 1. The molecule has 2 aliphatic rings. The topological polar surface area (TPSA) is 66.8 Å². The third-order valence-corrected chi connectivity index (χ3v) is 6.59. The number of rotatable bonds is 5. The monoisotopic (exact) mass is 411 g/mol. The van der Waals surface area contributed by atoms with Crippen molar-refractivity contribution in [3.8, 4) is 5.75 Å². The van der Waals surface area contributed by atoms with Gasteiger partial charge in [-0.1, -0.05) is 11.6 Å². The standard InChI is InChI=1S/C23H25NO4S/c1-15(25)4-8-24-9-5-17(6-10-24)22-19-12-16(13-21(26)27)2-3-20(19)28-14-18-7-11-29-23(18)22/h2-3,7,11-12H,4-6,8-10,13-14H2,1H3,(H,26,27). The summed E-state index contributed by atoms with van der Waals surface area (Å²) in [5.41, 5.74) is 5.61. The summed E-state index contributed by atoms with van der Waals surface area (Å²) in [6.45, 7) is 4.89. The molecule has 1 saturated heterocycles. The van der Waals surface area contributed by atoms with Crippen LogP contribution in [0.2, 0.25) is 0 Å². The lowest BCUT2D eigenvalue weighted by molar-refractivity contribution is -0.136. The molecular formula is C23H25NO4S. The molecule has 0 amide bonds. The number of ether oxygens (including phenoxy) is 1. The largest absolute Gasteiger partial charge is 0.488 e. The summed E-state index contributed by atoms with van der Waals surface area (Å²) in [5, 5.41) is 11.3. The molecule has 1 N–H and O–H groups in total. The normalized spacial score (nSPS) is 16.6. The summed E-state index contributed by atoms with van der Waals surface area (Å²) in [6, 6.07) is 7.86. The van der Waals surface area contributed by atoms with Crippen LogP contribution in [0.3, 0.4) is 0 Å². The number of benzene rings is 1. The average molecular weight is 412 g/mol. The number of thiophene rings is 1. The molecule has 0 saturated carbocycles. The zero-order valence-electron chi connectivity index (χ0n) is 16.6. The van der Waals surface area contributed by atoms with Crippen molar-refractivity contribution in [1.82, 2.24) is 4.90 Å². The second kappa shape index (κ2) is 8.51. The molecule has 3 heterocycles. The minimum absolute atomic E-state index is 0.00597. The number of likely N-dealkylation sites (tertiary alicyclic amines) is 1. The number of ketones is 1. The number of fused-ring (bicyclic) bond motifs is 2. The Kier molecular flexibility index (Phi) is 5.83. The predicted octanol–water partition coefficient (Wildman–Crippen LogP) is 4.14. The summed E-state index contributed by atoms with van der Waals surface area (Å²) < 4.78 is 6.08. The molecule has 2 aromatic rings. The Bertz CT molecular complexity index is 965. The molecular weight excluding hydrogens is 386 g/mol. The first-order chi connectivity index (χ1) is 14.0. The second-order valence-corrected chi connectivity index (χ2v) is 8.65. The lowest BCUT2D eigenvalue weighted by atomic mass is 9.89. The number of aliphatic carboxylic acids is 1. The summed E-state index contributed by atoms with van der Waals surface area (Å²) in [6.07, 6.45) is 2.52. The van der Waals surface area contributed by atoms with Gasteiger partial charge in [-0.05, 0) is 48.9 Å². The molecule has 152 valence electrons. The minimum Gasteiger partial charge on any atom is -0.488 e. The molecule has 0 bridgehead atoms. The van der Waals surface area contributed by atoms with Gasteiger partial charge in [0.05, 0.1) is 6.42 Å². The molecule has 5 nitrogen and oxygen atoms in total. The average Bonchev–Trinajstić information content (AvgIpc) is 3.09. The molecule has 29 heavy (non-hydrogen) atoms. The van der Waals surface area contributed by atoms with Crippen LogP contribution < -0.4 is 4.74 Å². The highest BCUT2D eigenvalue weighted by Gasteiger charge is 2.26. The van der Waals surface area contributed by atoms with E-state index in [-0.39, 0.29) is 12.2 Å². The Labute approximate surface area is 174 Å². The molecule has 0 unspecified atom stereocenters. The van der Waals surface area contributed by atoms with Crippen LogP contribution in [0.4, 0.5) is 0 Å². The molecule has 0 radical (unpaired) electrons. The molecule has 4 rings (SSSR count). The summed E-state index contributed by atoms with van der Waals surface area (Å²) in [5.74, 6) is 0.228. The van der Waals surface area contributed by atoms with Gasteiger partial charge in [0.2, 0.25) is 0 Å². The van der Waals surface area contributed by atoms with Gasteiger partial charge >= 0.3 is 5.97 Å². The van der Waals surface area contributed by atoms with Crippen LogP contribution in [0.25, 0.3) is 5.57 Å². The lowest BCUT2D eigenvalue weighted by Gasteiger charge is -2.29. The quantitative estimate of drug-likeness (QED) is 0.801. The van der Waals surface area contributed by atoms with Gasteiger partial charge in [-0.15, -0.1) is 11.3 Å². The van der Waals surface area contributed by atoms with Gasteiger partial charge in [0.1, 0.15) is 18.1 Å². The number of nitrogens with zero attached hydrogens (tertiary/aromatic N) is 1. The van der Waals surface area contributed by atoms with Crippen LogP contribution in [0.1, 0.15) is 47.8 Å². The van der Waals surface area contributed by atoms with Crippen LogP contribution in [-0.2, 0) is 22.6 Å². The predicted molar refractivity (Wildman–Crippen MR) is 113 cm³/mol. The number of carboxylic acids is 1. The Morgan fingerprint density at radius 2 is 2.00 bits per heavy atom. The van der Waals surface area contributed by atoms with Gasteiger partial charge in [0.15, 0.2) is 0 Å². The van der Waals surface area contributed by atoms with Crippen molar-refractivity contribution in [2.45, 2.75) is 39.2 Å². The highest BCUT2D eigenvalue weighted by Crippen LogP contribution is 2.43. The zero-order valence-corrected chi connectivity index (χ0v) is 17.4. The van der Waals surface area contributed by atoms with Crippen LogP contribution >= 0.6 is 11.3 Å². The molecule has 1 fully saturated rings. The zero-order chi connectivity index (χ0) is 20.4. The molecule has 2 aliphatic heterocycles. The van der Waals surface area contributed by atoms with Crippen molar-refractivity contribution in [3.63, 3.8) is 0 Å². The Morgan fingerprint density at radius 3 is 2.72 bits per heavy atom. The minimum atomic E-state index is -0.829. The first-order valence-corrected chi connectivity index (χ1v) is 10.9. The summed E-state index contributed by atoms with van der Waals surface area (Å²) >= 11 is 1.73. The number of carbonyl (C=O) groups is 2. The van der Waals surface area contributed by atoms with Crippen molar-refractivity contribution < 1.29 is 19.4 Å². The highest BCUT2D eigenvalue weighted by molar-refractivity contribution is 7.11. The molecule has 0 spiro atoms. The van der Waals surface area contributed by atoms with E-state index in [1.54, 1.807) is 18.3 Å². The van der Waals surface area contributed by atoms with Gasteiger partial charge in [-0.25, -0.2) is 0 Å². The fourth-order valence-electron chi connectivity index (χ4n) is 4.09. The first-order valence-electron chi connectivity index (χ1n) is 9.99. The molecule has 1 aromatic carbocycles. The van der Waals surface area contributed by atoms with Gasteiger partial charge in [-0.3, -0.25) is 9.59 Å². The molecule has 1 aromatic heterocycles. The van der Waals surface area contributed by atoms with Gasteiger partial charge in [0.25, 0.3) is 0 Å². The van der Waals surface area contributed by atoms with Gasteiger partial charge in [-0.2, -0.15) is 0 Å². The third kappa shape index (κ3) is 4.43. The van der Waals surface area contributed by atoms with Crippen LogP contribution in [0.5, 0.6) is 5.75 Å². The summed E-state index contributed by atoms with van der Waals surface area (Å²) in [7, 11) is 0. The highest BCUT2D eigenvalue weighted by atomic mass is 32.1. The van der Waals surface area contributed by atoms with Crippen molar-refractivity contribution >= 4 is 28.7 Å². The fraction of sp³-hybridized carbons (Fsp3) is 0.391. The Hall–Kier alpha value is -2.44. The van der Waals surface area contributed by atoms with E-state index in [0.717, 1.165) is 49.4 Å². The SMILES string of the molecule is CC(=O)CCN1CCC(=C2c3cc(CC(=O)O)ccc3OCc3ccsc32)CC1. The van der Waals surface area contributed by atoms with Crippen LogP contribution in [-0.4, -0.2) is 41.4 Å². The van der Waals surface area contributed by atoms with E-state index >= 15 is 0 Å². The van der Waals surface area contributed by atoms with Crippen molar-refractivity contribution in [2.75, 3.05) is 19.6 Å². The second-order valence-electron chi connectivity index (χ2n) is 7.74. The third-order valence-electron chi connectivity index (χ3n) is 5.62. The van der Waals surface area contributed by atoms with Crippen molar-refractivity contribution in [2.24, 2.45) is 0 Å². The maximum Gasteiger partial charge on any atom is 0.307 e. The van der Waals surface area contributed by atoms with E-state index in [2.05, 4.69) is 16.3 Å². The maximum atomic E-state index is 11.3. The van der Waals surface area contributed by atoms with E-state index < -0.39 is 5.97 Å². The number of hydrogen-bond donors (Lipinski definition) is 1. The van der Waals surface area contributed by atoms with E-state index in [1.807, 2.05) is 18.2 Å². The van der Waals surface area contributed by atoms with Gasteiger partial charge < -0.3 is 14.7 Å². The fourth-order valence-corrected chi connectivity index (χ4v) is 5.11. The Morgan fingerprint density at radius 1 is 1.21 bits per heavy atom.